The van der Waals surface area contributed by atoms with Crippen LogP contribution in [-0.2, 0) is 4.74 Å². The van der Waals surface area contributed by atoms with E-state index in [1.165, 1.54) is 0 Å². The SMILES string of the molecule is CCOCC(C)N(C)CC(C)(C)CN. The maximum Gasteiger partial charge on any atom is 0.0618 e. The van der Waals surface area contributed by atoms with Gasteiger partial charge in [0, 0.05) is 19.2 Å². The van der Waals surface area contributed by atoms with Crippen molar-refractivity contribution in [2.45, 2.75) is 33.7 Å². The van der Waals surface area contributed by atoms with Crippen LogP contribution >= 0.6 is 0 Å². The first-order valence-corrected chi connectivity index (χ1v) is 5.41. The average molecular weight is 202 g/mol. The van der Waals surface area contributed by atoms with E-state index >= 15 is 0 Å². The second kappa shape index (κ2) is 6.38. The standard InChI is InChI=1S/C11H26N2O/c1-6-14-7-10(2)13(5)9-11(3,4)8-12/h10H,6-9,12H2,1-5H3. The lowest BCUT2D eigenvalue weighted by molar-refractivity contribution is 0.0694. The lowest BCUT2D eigenvalue weighted by atomic mass is 9.93. The van der Waals surface area contributed by atoms with Crippen LogP contribution in [-0.4, -0.2) is 44.3 Å². The van der Waals surface area contributed by atoms with Gasteiger partial charge in [0.25, 0.3) is 0 Å². The minimum atomic E-state index is 0.190. The van der Waals surface area contributed by atoms with Crippen LogP contribution in [0.1, 0.15) is 27.7 Å². The van der Waals surface area contributed by atoms with E-state index in [2.05, 4.69) is 32.7 Å². The number of hydrogen-bond donors (Lipinski definition) is 1. The number of ether oxygens (including phenoxy) is 1. The summed E-state index contributed by atoms with van der Waals surface area (Å²) in [6, 6.07) is 0.459. The first kappa shape index (κ1) is 13.9. The predicted octanol–water partition coefficient (Wildman–Crippen LogP) is 1.33. The summed E-state index contributed by atoms with van der Waals surface area (Å²) in [6.45, 7) is 11.9. The van der Waals surface area contributed by atoms with E-state index in [0.717, 1.165) is 26.3 Å². The molecule has 0 saturated carbocycles. The molecule has 86 valence electrons. The Morgan fingerprint density at radius 2 is 2.00 bits per heavy atom. The molecule has 14 heavy (non-hydrogen) atoms. The molecule has 0 radical (unpaired) electrons. The molecule has 3 heteroatoms. The highest BCUT2D eigenvalue weighted by Gasteiger charge is 2.20. The molecule has 0 saturated heterocycles. The Morgan fingerprint density at radius 3 is 2.43 bits per heavy atom. The van der Waals surface area contributed by atoms with Gasteiger partial charge in [0.1, 0.15) is 0 Å². The van der Waals surface area contributed by atoms with Crippen molar-refractivity contribution < 1.29 is 4.74 Å². The van der Waals surface area contributed by atoms with Gasteiger partial charge in [-0.2, -0.15) is 0 Å². The third-order valence-electron chi connectivity index (χ3n) is 2.55. The van der Waals surface area contributed by atoms with Gasteiger partial charge in [-0.25, -0.2) is 0 Å². The topological polar surface area (TPSA) is 38.5 Å². The van der Waals surface area contributed by atoms with Gasteiger partial charge >= 0.3 is 0 Å². The van der Waals surface area contributed by atoms with Crippen molar-refractivity contribution in [1.82, 2.24) is 4.90 Å². The monoisotopic (exact) mass is 202 g/mol. The fourth-order valence-electron chi connectivity index (χ4n) is 1.31. The molecule has 0 heterocycles. The molecule has 0 rings (SSSR count). The Labute approximate surface area is 88.6 Å². The van der Waals surface area contributed by atoms with Gasteiger partial charge in [0.15, 0.2) is 0 Å². The van der Waals surface area contributed by atoms with Crippen LogP contribution in [0.2, 0.25) is 0 Å². The van der Waals surface area contributed by atoms with Crippen molar-refractivity contribution in [3.63, 3.8) is 0 Å². The molecule has 0 aliphatic heterocycles. The zero-order valence-electron chi connectivity index (χ0n) is 10.3. The zero-order valence-corrected chi connectivity index (χ0v) is 10.3. The first-order chi connectivity index (χ1) is 6.43. The van der Waals surface area contributed by atoms with Gasteiger partial charge in [0.05, 0.1) is 6.61 Å². The van der Waals surface area contributed by atoms with E-state index in [9.17, 15) is 0 Å². The summed E-state index contributed by atoms with van der Waals surface area (Å²) in [5.74, 6) is 0. The number of rotatable bonds is 7. The van der Waals surface area contributed by atoms with Crippen molar-refractivity contribution in [1.29, 1.82) is 0 Å². The summed E-state index contributed by atoms with van der Waals surface area (Å²) >= 11 is 0. The van der Waals surface area contributed by atoms with Crippen LogP contribution in [0.4, 0.5) is 0 Å². The summed E-state index contributed by atoms with van der Waals surface area (Å²) in [5.41, 5.74) is 5.89. The highest BCUT2D eigenvalue weighted by Crippen LogP contribution is 2.15. The van der Waals surface area contributed by atoms with Gasteiger partial charge in [-0.15, -0.1) is 0 Å². The summed E-state index contributed by atoms with van der Waals surface area (Å²) in [4.78, 5) is 2.31. The van der Waals surface area contributed by atoms with Crippen LogP contribution < -0.4 is 5.73 Å². The average Bonchev–Trinajstić information content (AvgIpc) is 2.13. The van der Waals surface area contributed by atoms with E-state index in [1.54, 1.807) is 0 Å². The largest absolute Gasteiger partial charge is 0.380 e. The molecule has 0 aromatic carbocycles. The van der Waals surface area contributed by atoms with E-state index in [1.807, 2.05) is 6.92 Å². The number of hydrogen-bond acceptors (Lipinski definition) is 3. The van der Waals surface area contributed by atoms with Gasteiger partial charge < -0.3 is 15.4 Å². The van der Waals surface area contributed by atoms with Crippen molar-refractivity contribution in [3.8, 4) is 0 Å². The minimum Gasteiger partial charge on any atom is -0.380 e. The second-order valence-electron chi connectivity index (χ2n) is 4.79. The van der Waals surface area contributed by atoms with Crippen LogP contribution in [0.15, 0.2) is 0 Å². The molecule has 1 atom stereocenters. The van der Waals surface area contributed by atoms with Crippen LogP contribution in [0.5, 0.6) is 0 Å². The molecule has 0 aliphatic rings. The molecular formula is C11H26N2O. The Bertz CT molecular complexity index is 148. The highest BCUT2D eigenvalue weighted by atomic mass is 16.5. The molecular weight excluding hydrogens is 176 g/mol. The van der Waals surface area contributed by atoms with Crippen LogP contribution in [0, 0.1) is 5.41 Å². The van der Waals surface area contributed by atoms with E-state index in [4.69, 9.17) is 10.5 Å². The Balaban J connectivity index is 3.87. The van der Waals surface area contributed by atoms with E-state index in [-0.39, 0.29) is 5.41 Å². The maximum atomic E-state index is 5.70. The Hall–Kier alpha value is -0.120. The predicted molar refractivity (Wildman–Crippen MR) is 61.4 cm³/mol. The van der Waals surface area contributed by atoms with E-state index in [0.29, 0.717) is 6.04 Å². The molecule has 0 aromatic heterocycles. The van der Waals surface area contributed by atoms with Crippen LogP contribution in [0.3, 0.4) is 0 Å². The summed E-state index contributed by atoms with van der Waals surface area (Å²) < 4.78 is 5.39. The fourth-order valence-corrected chi connectivity index (χ4v) is 1.31. The Kier molecular flexibility index (Phi) is 6.33. The lowest BCUT2D eigenvalue weighted by Crippen LogP contribution is -2.42. The molecule has 0 spiro atoms. The van der Waals surface area contributed by atoms with Gasteiger partial charge in [-0.3, -0.25) is 0 Å². The second-order valence-corrected chi connectivity index (χ2v) is 4.79. The van der Waals surface area contributed by atoms with Crippen LogP contribution in [0.25, 0.3) is 0 Å². The van der Waals surface area contributed by atoms with Crippen molar-refractivity contribution in [3.05, 3.63) is 0 Å². The molecule has 0 aliphatic carbocycles. The molecule has 1 unspecified atom stereocenters. The van der Waals surface area contributed by atoms with Gasteiger partial charge in [-0.05, 0) is 32.9 Å². The number of likely N-dealkylation sites (N-methyl/N-ethyl adjacent to an activating group) is 1. The normalized spacial score (nSPS) is 14.8. The van der Waals surface area contributed by atoms with Gasteiger partial charge in [-0.1, -0.05) is 13.8 Å². The summed E-state index contributed by atoms with van der Waals surface area (Å²) in [5, 5.41) is 0. The summed E-state index contributed by atoms with van der Waals surface area (Å²) in [7, 11) is 2.13. The van der Waals surface area contributed by atoms with Crippen molar-refractivity contribution in [2.75, 3.05) is 33.4 Å². The molecule has 0 bridgehead atoms. The van der Waals surface area contributed by atoms with Crippen molar-refractivity contribution >= 4 is 0 Å². The minimum absolute atomic E-state index is 0.190. The molecule has 0 fully saturated rings. The third-order valence-corrected chi connectivity index (χ3v) is 2.55. The Morgan fingerprint density at radius 1 is 1.43 bits per heavy atom. The lowest BCUT2D eigenvalue weighted by Gasteiger charge is -2.32. The number of nitrogens with two attached hydrogens (primary N) is 1. The number of nitrogens with zero attached hydrogens (tertiary/aromatic N) is 1. The highest BCUT2D eigenvalue weighted by molar-refractivity contribution is 4.75. The molecule has 3 nitrogen and oxygen atoms in total. The molecule has 2 N–H and O–H groups in total. The quantitative estimate of drug-likeness (QED) is 0.677. The molecule has 0 aromatic rings. The summed E-state index contributed by atoms with van der Waals surface area (Å²) in [6.07, 6.45) is 0. The first-order valence-electron chi connectivity index (χ1n) is 5.41. The smallest absolute Gasteiger partial charge is 0.0618 e. The maximum absolute atomic E-state index is 5.70. The van der Waals surface area contributed by atoms with E-state index < -0.39 is 0 Å². The molecule has 0 amide bonds. The fraction of sp³-hybridized carbons (Fsp3) is 1.00. The zero-order chi connectivity index (χ0) is 11.2. The third kappa shape index (κ3) is 5.58. The van der Waals surface area contributed by atoms with Crippen molar-refractivity contribution in [2.24, 2.45) is 11.1 Å². The van der Waals surface area contributed by atoms with Gasteiger partial charge in [0.2, 0.25) is 0 Å².